The van der Waals surface area contributed by atoms with Gasteiger partial charge in [0.25, 0.3) is 0 Å². The Hall–Kier alpha value is -1.65. The molecule has 0 unspecified atom stereocenters. The van der Waals surface area contributed by atoms with Crippen molar-refractivity contribution in [3.05, 3.63) is 17.0 Å². The number of aromatic nitrogens is 2. The number of nitrogens with zero attached hydrogens (tertiary/aromatic N) is 3. The van der Waals surface area contributed by atoms with Crippen LogP contribution in [0.25, 0.3) is 0 Å². The number of hydrogen-bond acceptors (Lipinski definition) is 4. The molecule has 0 aliphatic heterocycles. The van der Waals surface area contributed by atoms with Gasteiger partial charge in [0, 0.05) is 31.9 Å². The van der Waals surface area contributed by atoms with Crippen LogP contribution in [0.15, 0.2) is 0 Å². The van der Waals surface area contributed by atoms with E-state index in [4.69, 9.17) is 5.73 Å². The van der Waals surface area contributed by atoms with E-state index in [-0.39, 0.29) is 5.91 Å². The smallest absolute Gasteiger partial charge is 0.225 e. The third-order valence-electron chi connectivity index (χ3n) is 3.27. The zero-order chi connectivity index (χ0) is 13.1. The van der Waals surface area contributed by atoms with Gasteiger partial charge in [-0.25, -0.2) is 9.97 Å². The zero-order valence-corrected chi connectivity index (χ0v) is 11.1. The molecule has 0 spiro atoms. The average molecular weight is 248 g/mol. The van der Waals surface area contributed by atoms with E-state index in [1.54, 1.807) is 0 Å². The molecule has 0 radical (unpaired) electrons. The van der Waals surface area contributed by atoms with E-state index in [9.17, 15) is 4.79 Å². The van der Waals surface area contributed by atoms with E-state index in [0.717, 1.165) is 30.2 Å². The Morgan fingerprint density at radius 2 is 2.00 bits per heavy atom. The molecule has 0 saturated carbocycles. The minimum atomic E-state index is -0.274. The number of nitrogens with two attached hydrogens (primary N) is 1. The molecule has 2 rings (SSSR count). The molecule has 0 aromatic carbocycles. The van der Waals surface area contributed by atoms with Gasteiger partial charge in [-0.2, -0.15) is 0 Å². The van der Waals surface area contributed by atoms with Crippen molar-refractivity contribution in [2.45, 2.75) is 38.5 Å². The summed E-state index contributed by atoms with van der Waals surface area (Å²) in [5.41, 5.74) is 8.62. The summed E-state index contributed by atoms with van der Waals surface area (Å²) in [5, 5.41) is 0. The molecule has 0 atom stereocenters. The van der Waals surface area contributed by atoms with E-state index in [1.807, 2.05) is 19.0 Å². The maximum atomic E-state index is 10.9. The monoisotopic (exact) mass is 248 g/mol. The van der Waals surface area contributed by atoms with Gasteiger partial charge >= 0.3 is 0 Å². The van der Waals surface area contributed by atoms with Gasteiger partial charge in [-0.3, -0.25) is 4.79 Å². The molecular weight excluding hydrogens is 228 g/mol. The second kappa shape index (κ2) is 5.33. The molecule has 0 saturated heterocycles. The van der Waals surface area contributed by atoms with E-state index in [2.05, 4.69) is 9.97 Å². The lowest BCUT2D eigenvalue weighted by Crippen LogP contribution is -2.20. The van der Waals surface area contributed by atoms with Gasteiger partial charge in [0.1, 0.15) is 0 Å². The van der Waals surface area contributed by atoms with E-state index < -0.39 is 0 Å². The number of primary amides is 1. The lowest BCUT2D eigenvalue weighted by Gasteiger charge is -2.21. The highest BCUT2D eigenvalue weighted by Gasteiger charge is 2.18. The van der Waals surface area contributed by atoms with Gasteiger partial charge in [0.15, 0.2) is 0 Å². The third-order valence-corrected chi connectivity index (χ3v) is 3.27. The fourth-order valence-electron chi connectivity index (χ4n) is 2.31. The number of anilines is 1. The number of aryl methyl sites for hydroxylation is 2. The van der Waals surface area contributed by atoms with Crippen LogP contribution in [-0.4, -0.2) is 30.0 Å². The number of amides is 1. The number of carbonyl (C=O) groups is 1. The molecule has 0 bridgehead atoms. The fourth-order valence-corrected chi connectivity index (χ4v) is 2.31. The van der Waals surface area contributed by atoms with Crippen LogP contribution in [-0.2, 0) is 24.1 Å². The van der Waals surface area contributed by atoms with Crippen LogP contribution in [0.5, 0.6) is 0 Å². The molecule has 0 fully saturated rings. The number of fused-ring (bicyclic) bond motifs is 1. The predicted octanol–water partition coefficient (Wildman–Crippen LogP) is 0.839. The molecule has 5 nitrogen and oxygen atoms in total. The van der Waals surface area contributed by atoms with Gasteiger partial charge in [-0.15, -0.1) is 0 Å². The van der Waals surface area contributed by atoms with E-state index in [1.165, 1.54) is 18.4 Å². The lowest BCUT2D eigenvalue weighted by molar-refractivity contribution is -0.118. The largest absolute Gasteiger partial charge is 0.370 e. The first-order chi connectivity index (χ1) is 8.58. The van der Waals surface area contributed by atoms with Crippen LogP contribution in [0, 0.1) is 0 Å². The summed E-state index contributed by atoms with van der Waals surface area (Å²) in [6, 6.07) is 0. The lowest BCUT2D eigenvalue weighted by atomic mass is 9.93. The van der Waals surface area contributed by atoms with Gasteiger partial charge < -0.3 is 10.6 Å². The van der Waals surface area contributed by atoms with Crippen LogP contribution in [0.1, 0.15) is 36.2 Å². The quantitative estimate of drug-likeness (QED) is 0.857. The third kappa shape index (κ3) is 2.78. The Morgan fingerprint density at radius 3 is 2.67 bits per heavy atom. The van der Waals surface area contributed by atoms with E-state index >= 15 is 0 Å². The normalized spacial score (nSPS) is 14.1. The van der Waals surface area contributed by atoms with Gasteiger partial charge in [0.05, 0.1) is 0 Å². The van der Waals surface area contributed by atoms with Crippen LogP contribution >= 0.6 is 0 Å². The Morgan fingerprint density at radius 1 is 1.28 bits per heavy atom. The zero-order valence-electron chi connectivity index (χ0n) is 11.1. The maximum absolute atomic E-state index is 10.9. The summed E-state index contributed by atoms with van der Waals surface area (Å²) in [5.74, 6) is 0.458. The minimum Gasteiger partial charge on any atom is -0.370 e. The van der Waals surface area contributed by atoms with Crippen molar-refractivity contribution >= 4 is 11.9 Å². The predicted molar refractivity (Wildman–Crippen MR) is 70.5 cm³/mol. The van der Waals surface area contributed by atoms with Crippen molar-refractivity contribution in [1.29, 1.82) is 0 Å². The van der Waals surface area contributed by atoms with E-state index in [0.29, 0.717) is 12.8 Å². The van der Waals surface area contributed by atoms with Crippen LogP contribution in [0.4, 0.5) is 5.95 Å². The summed E-state index contributed by atoms with van der Waals surface area (Å²) >= 11 is 0. The molecule has 1 aliphatic rings. The number of rotatable bonds is 4. The molecule has 2 N–H and O–H groups in total. The molecule has 1 aliphatic carbocycles. The fraction of sp³-hybridized carbons (Fsp3) is 0.615. The highest BCUT2D eigenvalue weighted by atomic mass is 16.1. The van der Waals surface area contributed by atoms with Crippen LogP contribution in [0.2, 0.25) is 0 Å². The van der Waals surface area contributed by atoms with Gasteiger partial charge in [-0.05, 0) is 37.7 Å². The second-order valence-electron chi connectivity index (χ2n) is 4.96. The molecule has 1 amide bonds. The molecule has 98 valence electrons. The van der Waals surface area contributed by atoms with Crippen LogP contribution < -0.4 is 10.6 Å². The molecule has 5 heteroatoms. The number of carbonyl (C=O) groups excluding carboxylic acids is 1. The Balaban J connectivity index is 2.34. The van der Waals surface area contributed by atoms with Crippen molar-refractivity contribution in [2.75, 3.05) is 19.0 Å². The van der Waals surface area contributed by atoms with Crippen molar-refractivity contribution in [1.82, 2.24) is 9.97 Å². The molecule has 18 heavy (non-hydrogen) atoms. The SMILES string of the molecule is CN(C)c1nc2c(c(CCC(N)=O)n1)CCCC2. The topological polar surface area (TPSA) is 72.1 Å². The molecular formula is C13H20N4O. The molecule has 1 aromatic rings. The van der Waals surface area contributed by atoms with Crippen molar-refractivity contribution < 1.29 is 4.79 Å². The van der Waals surface area contributed by atoms with Gasteiger partial charge in [-0.1, -0.05) is 0 Å². The first-order valence-electron chi connectivity index (χ1n) is 6.42. The first-order valence-corrected chi connectivity index (χ1v) is 6.42. The highest BCUT2D eigenvalue weighted by Crippen LogP contribution is 2.24. The standard InChI is InChI=1S/C13H20N4O/c1-17(2)13-15-10-6-4-3-5-9(10)11(16-13)7-8-12(14)18/h3-8H2,1-2H3,(H2,14,18). The Bertz CT molecular complexity index is 457. The van der Waals surface area contributed by atoms with Crippen molar-refractivity contribution in [3.8, 4) is 0 Å². The molecule has 1 aromatic heterocycles. The Kier molecular flexibility index (Phi) is 3.79. The summed E-state index contributed by atoms with van der Waals surface area (Å²) in [6.45, 7) is 0. The molecule has 1 heterocycles. The Labute approximate surface area is 107 Å². The van der Waals surface area contributed by atoms with Crippen molar-refractivity contribution in [3.63, 3.8) is 0 Å². The highest BCUT2D eigenvalue weighted by molar-refractivity contribution is 5.74. The van der Waals surface area contributed by atoms with Crippen molar-refractivity contribution in [2.24, 2.45) is 5.73 Å². The summed E-state index contributed by atoms with van der Waals surface area (Å²) in [6.07, 6.45) is 5.39. The van der Waals surface area contributed by atoms with Crippen LogP contribution in [0.3, 0.4) is 0 Å². The summed E-state index contributed by atoms with van der Waals surface area (Å²) in [4.78, 5) is 22.0. The maximum Gasteiger partial charge on any atom is 0.225 e. The minimum absolute atomic E-state index is 0.274. The summed E-state index contributed by atoms with van der Waals surface area (Å²) in [7, 11) is 3.87. The second-order valence-corrected chi connectivity index (χ2v) is 4.96. The van der Waals surface area contributed by atoms with Gasteiger partial charge in [0.2, 0.25) is 11.9 Å². The average Bonchev–Trinajstić information content (AvgIpc) is 2.35. The summed E-state index contributed by atoms with van der Waals surface area (Å²) < 4.78 is 0. The first kappa shape index (κ1) is 12.8. The number of hydrogen-bond donors (Lipinski definition) is 1.